The maximum atomic E-state index is 14.2. The molecule has 35 heavy (non-hydrogen) atoms. The number of methoxy groups -OCH3 is 1. The van der Waals surface area contributed by atoms with Gasteiger partial charge in [0.2, 0.25) is 5.78 Å². The van der Waals surface area contributed by atoms with Crippen LogP contribution in [0.25, 0.3) is 11.0 Å². The van der Waals surface area contributed by atoms with Gasteiger partial charge in [-0.15, -0.1) is 6.58 Å². The van der Waals surface area contributed by atoms with E-state index in [0.717, 1.165) is 0 Å². The molecule has 8 heteroatoms. The first-order chi connectivity index (χ1) is 17.0. The third-order valence-corrected chi connectivity index (χ3v) is 6.51. The Hall–Kier alpha value is -4.17. The van der Waals surface area contributed by atoms with E-state index in [4.69, 9.17) is 9.15 Å². The molecule has 2 amide bonds. The molecule has 5 rings (SSSR count). The van der Waals surface area contributed by atoms with Crippen molar-refractivity contribution in [3.8, 4) is 0 Å². The number of fused-ring (bicyclic) bond motifs is 3. The van der Waals surface area contributed by atoms with Crippen LogP contribution in [0.15, 0.2) is 83.0 Å². The van der Waals surface area contributed by atoms with Crippen molar-refractivity contribution in [3.05, 3.63) is 89.9 Å². The Kier molecular flexibility index (Phi) is 5.53. The number of hydrogen-bond donors (Lipinski definition) is 1. The summed E-state index contributed by atoms with van der Waals surface area (Å²) < 4.78 is 10.9. The van der Waals surface area contributed by atoms with Crippen LogP contribution in [0.1, 0.15) is 22.5 Å². The van der Waals surface area contributed by atoms with Crippen LogP contribution in [0.4, 0.5) is 5.69 Å². The van der Waals surface area contributed by atoms with Crippen LogP contribution < -0.4 is 4.90 Å². The Morgan fingerprint density at radius 3 is 2.66 bits per heavy atom. The zero-order valence-electron chi connectivity index (χ0n) is 19.2. The molecule has 2 aliphatic heterocycles. The number of ketones is 1. The lowest BCUT2D eigenvalue weighted by atomic mass is 9.81. The second-order valence-electron chi connectivity index (χ2n) is 8.44. The number of ether oxygens (including phenoxy) is 1. The summed E-state index contributed by atoms with van der Waals surface area (Å²) in [5.41, 5.74) is -0.654. The zero-order valence-corrected chi connectivity index (χ0v) is 19.2. The molecular formula is C27H24N2O6. The van der Waals surface area contributed by atoms with E-state index in [1.165, 1.54) is 16.9 Å². The van der Waals surface area contributed by atoms with E-state index in [1.807, 2.05) is 6.07 Å². The van der Waals surface area contributed by atoms with Gasteiger partial charge in [-0.2, -0.15) is 0 Å². The van der Waals surface area contributed by atoms with Crippen molar-refractivity contribution in [3.63, 3.8) is 0 Å². The minimum absolute atomic E-state index is 0.0638. The van der Waals surface area contributed by atoms with Crippen molar-refractivity contribution in [1.29, 1.82) is 0 Å². The third kappa shape index (κ3) is 3.14. The monoisotopic (exact) mass is 472 g/mol. The van der Waals surface area contributed by atoms with Gasteiger partial charge < -0.3 is 24.1 Å². The summed E-state index contributed by atoms with van der Waals surface area (Å²) in [5, 5.41) is 11.8. The lowest BCUT2D eigenvalue weighted by Gasteiger charge is -2.35. The largest absolute Gasteiger partial charge is 0.503 e. The van der Waals surface area contributed by atoms with Gasteiger partial charge in [-0.05, 0) is 24.6 Å². The number of rotatable bonds is 8. The Morgan fingerprint density at radius 2 is 1.91 bits per heavy atom. The molecule has 1 atom stereocenters. The van der Waals surface area contributed by atoms with Crippen LogP contribution in [0.2, 0.25) is 0 Å². The molecule has 0 saturated heterocycles. The second kappa shape index (κ2) is 8.56. The van der Waals surface area contributed by atoms with Gasteiger partial charge in [0.25, 0.3) is 11.8 Å². The molecule has 1 spiro atoms. The average molecular weight is 472 g/mol. The van der Waals surface area contributed by atoms with E-state index in [0.29, 0.717) is 35.2 Å². The number of amides is 2. The number of aliphatic hydroxyl groups excluding tert-OH is 1. The van der Waals surface area contributed by atoms with E-state index in [2.05, 4.69) is 6.58 Å². The number of furan rings is 1. The molecular weight excluding hydrogens is 448 g/mol. The molecule has 0 aliphatic carbocycles. The van der Waals surface area contributed by atoms with Gasteiger partial charge in [0.15, 0.2) is 17.1 Å². The van der Waals surface area contributed by atoms with Crippen molar-refractivity contribution in [2.75, 3.05) is 31.7 Å². The first-order valence-corrected chi connectivity index (χ1v) is 11.3. The average Bonchev–Trinajstić information content (AvgIpc) is 3.47. The summed E-state index contributed by atoms with van der Waals surface area (Å²) in [6, 6.07) is 15.6. The molecule has 178 valence electrons. The third-order valence-electron chi connectivity index (χ3n) is 6.51. The summed E-state index contributed by atoms with van der Waals surface area (Å²) >= 11 is 0. The number of aliphatic hydroxyl groups is 1. The first-order valence-electron chi connectivity index (χ1n) is 11.3. The van der Waals surface area contributed by atoms with E-state index in [-0.39, 0.29) is 24.4 Å². The molecule has 1 unspecified atom stereocenters. The van der Waals surface area contributed by atoms with Crippen LogP contribution in [-0.4, -0.2) is 54.4 Å². The van der Waals surface area contributed by atoms with Crippen molar-refractivity contribution in [2.45, 2.75) is 12.0 Å². The van der Waals surface area contributed by atoms with Gasteiger partial charge >= 0.3 is 0 Å². The van der Waals surface area contributed by atoms with Crippen LogP contribution in [0.5, 0.6) is 0 Å². The van der Waals surface area contributed by atoms with Crippen molar-refractivity contribution < 1.29 is 28.6 Å². The Labute approximate surface area is 201 Å². The number of benzene rings is 2. The normalized spacial score (nSPS) is 19.3. The lowest BCUT2D eigenvalue weighted by molar-refractivity contribution is -0.140. The molecule has 1 N–H and O–H groups in total. The number of Topliss-reactive ketones (excluding diaryl/α,β-unsaturated/α-hetero) is 1. The minimum Gasteiger partial charge on any atom is -0.503 e. The van der Waals surface area contributed by atoms with Crippen LogP contribution in [0, 0.1) is 0 Å². The SMILES string of the molecule is C=CCN1C(=O)C2(C(C(=O)c3cc4ccccc4o3)=C(O)C(=O)N2CCCOC)c2ccccc21. The molecule has 2 aromatic carbocycles. The summed E-state index contributed by atoms with van der Waals surface area (Å²) in [6.07, 6.45) is 1.98. The smallest absolute Gasteiger partial charge is 0.290 e. The fraction of sp³-hybridized carbons (Fsp3) is 0.222. The maximum absolute atomic E-state index is 14.2. The molecule has 0 bridgehead atoms. The van der Waals surface area contributed by atoms with Gasteiger partial charge in [0.05, 0.1) is 11.3 Å². The van der Waals surface area contributed by atoms with Crippen LogP contribution >= 0.6 is 0 Å². The number of anilines is 1. The Morgan fingerprint density at radius 1 is 1.17 bits per heavy atom. The quantitative estimate of drug-likeness (QED) is 0.305. The number of nitrogens with zero attached hydrogens (tertiary/aromatic N) is 2. The highest BCUT2D eigenvalue weighted by Gasteiger charge is 2.65. The van der Waals surface area contributed by atoms with E-state index < -0.39 is 28.9 Å². The van der Waals surface area contributed by atoms with Crippen LogP contribution in [0.3, 0.4) is 0 Å². The molecule has 8 nitrogen and oxygen atoms in total. The van der Waals surface area contributed by atoms with E-state index in [1.54, 1.807) is 54.6 Å². The summed E-state index contributed by atoms with van der Waals surface area (Å²) in [6.45, 7) is 4.35. The standard InChI is InChI=1S/C27H24N2O6/c1-3-13-28-19-11-6-5-10-18(19)27(26(28)33)22(24(31)25(32)29(27)14-8-15-34-2)23(30)21-16-17-9-4-7-12-20(17)35-21/h3-7,9-12,16,31H,1,8,13-15H2,2H3. The van der Waals surface area contributed by atoms with Crippen LogP contribution in [-0.2, 0) is 19.9 Å². The summed E-state index contributed by atoms with van der Waals surface area (Å²) in [7, 11) is 1.54. The zero-order chi connectivity index (χ0) is 24.7. The van der Waals surface area contributed by atoms with Gasteiger partial charge in [0, 0.05) is 37.8 Å². The highest BCUT2D eigenvalue weighted by Crippen LogP contribution is 2.53. The lowest BCUT2D eigenvalue weighted by Crippen LogP contribution is -2.54. The molecule has 0 saturated carbocycles. The predicted molar refractivity (Wildman–Crippen MR) is 129 cm³/mol. The summed E-state index contributed by atoms with van der Waals surface area (Å²) in [5.74, 6) is -2.83. The molecule has 1 aromatic heterocycles. The van der Waals surface area contributed by atoms with Crippen molar-refractivity contribution in [2.24, 2.45) is 0 Å². The maximum Gasteiger partial charge on any atom is 0.290 e. The number of carbonyl (C=O) groups is 3. The fourth-order valence-corrected chi connectivity index (χ4v) is 5.07. The van der Waals surface area contributed by atoms with Gasteiger partial charge in [0.1, 0.15) is 5.58 Å². The van der Waals surface area contributed by atoms with E-state index >= 15 is 0 Å². The second-order valence-corrected chi connectivity index (χ2v) is 8.44. The first kappa shape index (κ1) is 22.6. The summed E-state index contributed by atoms with van der Waals surface area (Å²) in [4.78, 5) is 44.2. The number of carbonyl (C=O) groups excluding carboxylic acids is 3. The highest BCUT2D eigenvalue weighted by molar-refractivity contribution is 6.26. The van der Waals surface area contributed by atoms with Gasteiger partial charge in [-0.25, -0.2) is 0 Å². The molecule has 3 heterocycles. The van der Waals surface area contributed by atoms with Crippen molar-refractivity contribution >= 4 is 34.3 Å². The predicted octanol–water partition coefficient (Wildman–Crippen LogP) is 3.73. The molecule has 2 aliphatic rings. The molecule has 0 radical (unpaired) electrons. The highest BCUT2D eigenvalue weighted by atomic mass is 16.5. The van der Waals surface area contributed by atoms with E-state index in [9.17, 15) is 19.5 Å². The minimum atomic E-state index is -1.83. The van der Waals surface area contributed by atoms with Crippen molar-refractivity contribution in [1.82, 2.24) is 4.90 Å². The number of para-hydroxylation sites is 2. The number of hydrogen-bond acceptors (Lipinski definition) is 6. The Bertz CT molecular complexity index is 1370. The Balaban J connectivity index is 1.73. The van der Waals surface area contributed by atoms with Gasteiger partial charge in [-0.1, -0.05) is 42.5 Å². The topological polar surface area (TPSA) is 100 Å². The fourth-order valence-electron chi connectivity index (χ4n) is 5.07. The van der Waals surface area contributed by atoms with Gasteiger partial charge in [-0.3, -0.25) is 14.4 Å². The molecule has 0 fully saturated rings. The molecule has 3 aromatic rings.